The standard InChI is InChI=1S/C14H20N4O2/c19-18(20)13-6-8-16-14(9-13)17(12-4-5-12)10-11-3-1-2-7-15-11/h6,8-9,11-12,15H,1-5,7,10H2. The van der Waals surface area contributed by atoms with Crippen LogP contribution in [0.15, 0.2) is 18.3 Å². The zero-order chi connectivity index (χ0) is 13.9. The fourth-order valence-corrected chi connectivity index (χ4v) is 2.81. The second-order valence-electron chi connectivity index (χ2n) is 5.66. The minimum atomic E-state index is -0.352. The predicted molar refractivity (Wildman–Crippen MR) is 76.9 cm³/mol. The minimum absolute atomic E-state index is 0.122. The Bertz CT molecular complexity index is 484. The van der Waals surface area contributed by atoms with Crippen molar-refractivity contribution in [3.05, 3.63) is 28.4 Å². The summed E-state index contributed by atoms with van der Waals surface area (Å²) in [5, 5.41) is 14.4. The van der Waals surface area contributed by atoms with Crippen LogP contribution in [0, 0.1) is 10.1 Å². The minimum Gasteiger partial charge on any atom is -0.352 e. The Morgan fingerprint density at radius 1 is 1.40 bits per heavy atom. The number of hydrogen-bond acceptors (Lipinski definition) is 5. The van der Waals surface area contributed by atoms with Crippen molar-refractivity contribution < 1.29 is 4.92 Å². The van der Waals surface area contributed by atoms with Crippen LogP contribution in [0.2, 0.25) is 0 Å². The number of pyridine rings is 1. The van der Waals surface area contributed by atoms with Gasteiger partial charge in [-0.25, -0.2) is 4.98 Å². The summed E-state index contributed by atoms with van der Waals surface area (Å²) in [6, 6.07) is 4.04. The van der Waals surface area contributed by atoms with E-state index in [0.29, 0.717) is 12.1 Å². The molecule has 1 atom stereocenters. The number of piperidine rings is 1. The number of nitro groups is 1. The van der Waals surface area contributed by atoms with E-state index < -0.39 is 0 Å². The van der Waals surface area contributed by atoms with E-state index in [4.69, 9.17) is 0 Å². The monoisotopic (exact) mass is 276 g/mol. The third-order valence-electron chi connectivity index (χ3n) is 4.05. The van der Waals surface area contributed by atoms with Crippen LogP contribution in [0.5, 0.6) is 0 Å². The summed E-state index contributed by atoms with van der Waals surface area (Å²) >= 11 is 0. The van der Waals surface area contributed by atoms with Gasteiger partial charge < -0.3 is 10.2 Å². The molecule has 0 amide bonds. The van der Waals surface area contributed by atoms with Crippen LogP contribution in [0.1, 0.15) is 32.1 Å². The molecule has 3 rings (SSSR count). The molecule has 2 fully saturated rings. The third-order valence-corrected chi connectivity index (χ3v) is 4.05. The van der Waals surface area contributed by atoms with Crippen LogP contribution in [0.25, 0.3) is 0 Å². The summed E-state index contributed by atoms with van der Waals surface area (Å²) in [6.07, 6.45) is 7.55. The van der Waals surface area contributed by atoms with Crippen LogP contribution < -0.4 is 10.2 Å². The quantitative estimate of drug-likeness (QED) is 0.658. The Labute approximate surface area is 118 Å². The molecule has 2 heterocycles. The van der Waals surface area contributed by atoms with Gasteiger partial charge in [-0.3, -0.25) is 10.1 Å². The lowest BCUT2D eigenvalue weighted by atomic mass is 10.0. The van der Waals surface area contributed by atoms with E-state index in [-0.39, 0.29) is 10.6 Å². The lowest BCUT2D eigenvalue weighted by Gasteiger charge is -2.31. The maximum Gasteiger partial charge on any atom is 0.274 e. The van der Waals surface area contributed by atoms with Gasteiger partial charge in [-0.15, -0.1) is 0 Å². The second kappa shape index (κ2) is 5.75. The molecule has 1 N–H and O–H groups in total. The number of aromatic nitrogens is 1. The average Bonchev–Trinajstić information content (AvgIpc) is 3.30. The first-order chi connectivity index (χ1) is 9.74. The SMILES string of the molecule is O=[N+]([O-])c1ccnc(N(CC2CCCCN2)C2CC2)c1. The van der Waals surface area contributed by atoms with E-state index in [1.165, 1.54) is 31.5 Å². The molecule has 0 spiro atoms. The molecule has 1 aliphatic carbocycles. The maximum absolute atomic E-state index is 10.9. The van der Waals surface area contributed by atoms with Gasteiger partial charge in [-0.05, 0) is 32.2 Å². The molecule has 0 aromatic carbocycles. The van der Waals surface area contributed by atoms with E-state index in [9.17, 15) is 10.1 Å². The van der Waals surface area contributed by atoms with Gasteiger partial charge in [0.1, 0.15) is 5.82 Å². The molecule has 2 aliphatic rings. The molecular weight excluding hydrogens is 256 g/mol. The first-order valence-corrected chi connectivity index (χ1v) is 7.34. The molecule has 1 aromatic heterocycles. The lowest BCUT2D eigenvalue weighted by molar-refractivity contribution is -0.384. The molecule has 20 heavy (non-hydrogen) atoms. The molecule has 1 unspecified atom stereocenters. The second-order valence-corrected chi connectivity index (χ2v) is 5.66. The van der Waals surface area contributed by atoms with Crippen molar-refractivity contribution in [3.63, 3.8) is 0 Å². The number of nitrogens with one attached hydrogen (secondary N) is 1. The fourth-order valence-electron chi connectivity index (χ4n) is 2.81. The van der Waals surface area contributed by atoms with E-state index in [1.807, 2.05) is 0 Å². The highest BCUT2D eigenvalue weighted by Gasteiger charge is 2.32. The molecule has 1 saturated heterocycles. The molecular formula is C14H20N4O2. The van der Waals surface area contributed by atoms with Gasteiger partial charge in [0.15, 0.2) is 0 Å². The summed E-state index contributed by atoms with van der Waals surface area (Å²) in [7, 11) is 0. The van der Waals surface area contributed by atoms with Gasteiger partial charge >= 0.3 is 0 Å². The van der Waals surface area contributed by atoms with Crippen molar-refractivity contribution in [2.45, 2.75) is 44.2 Å². The summed E-state index contributed by atoms with van der Waals surface area (Å²) in [6.45, 7) is 1.98. The van der Waals surface area contributed by atoms with Gasteiger partial charge in [0, 0.05) is 30.9 Å². The van der Waals surface area contributed by atoms with Crippen molar-refractivity contribution in [1.82, 2.24) is 10.3 Å². The van der Waals surface area contributed by atoms with Crippen molar-refractivity contribution in [2.75, 3.05) is 18.0 Å². The van der Waals surface area contributed by atoms with Gasteiger partial charge in [-0.2, -0.15) is 0 Å². The van der Waals surface area contributed by atoms with E-state index in [1.54, 1.807) is 6.07 Å². The Balaban J connectivity index is 1.75. The van der Waals surface area contributed by atoms with Gasteiger partial charge in [0.2, 0.25) is 0 Å². The highest BCUT2D eigenvalue weighted by Crippen LogP contribution is 2.32. The molecule has 1 saturated carbocycles. The molecule has 108 valence electrons. The normalized spacial score (nSPS) is 22.5. The first kappa shape index (κ1) is 13.3. The van der Waals surface area contributed by atoms with E-state index in [0.717, 1.165) is 31.7 Å². The topological polar surface area (TPSA) is 71.3 Å². The molecule has 6 nitrogen and oxygen atoms in total. The van der Waals surface area contributed by atoms with Gasteiger partial charge in [0.25, 0.3) is 5.69 Å². The van der Waals surface area contributed by atoms with Gasteiger partial charge in [0.05, 0.1) is 11.0 Å². The third kappa shape index (κ3) is 3.07. The number of rotatable bonds is 5. The largest absolute Gasteiger partial charge is 0.352 e. The Morgan fingerprint density at radius 2 is 2.25 bits per heavy atom. The Hall–Kier alpha value is -1.69. The van der Waals surface area contributed by atoms with Gasteiger partial charge in [-0.1, -0.05) is 6.42 Å². The highest BCUT2D eigenvalue weighted by atomic mass is 16.6. The van der Waals surface area contributed by atoms with E-state index in [2.05, 4.69) is 15.2 Å². The number of nitrogens with zero attached hydrogens (tertiary/aromatic N) is 3. The Kier molecular flexibility index (Phi) is 3.82. The maximum atomic E-state index is 10.9. The summed E-state index contributed by atoms with van der Waals surface area (Å²) in [5.41, 5.74) is 0.122. The molecule has 0 bridgehead atoms. The van der Waals surface area contributed by atoms with E-state index >= 15 is 0 Å². The predicted octanol–water partition coefficient (Wildman–Crippen LogP) is 2.10. The first-order valence-electron chi connectivity index (χ1n) is 7.34. The zero-order valence-electron chi connectivity index (χ0n) is 11.5. The van der Waals surface area contributed by atoms with Crippen LogP contribution in [-0.4, -0.2) is 35.1 Å². The number of anilines is 1. The average molecular weight is 276 g/mol. The summed E-state index contributed by atoms with van der Waals surface area (Å²) in [5.74, 6) is 0.745. The van der Waals surface area contributed by atoms with Crippen LogP contribution in [0.4, 0.5) is 11.5 Å². The van der Waals surface area contributed by atoms with Crippen molar-refractivity contribution >= 4 is 11.5 Å². The van der Waals surface area contributed by atoms with Crippen LogP contribution in [-0.2, 0) is 0 Å². The van der Waals surface area contributed by atoms with Crippen molar-refractivity contribution in [1.29, 1.82) is 0 Å². The molecule has 0 radical (unpaired) electrons. The van der Waals surface area contributed by atoms with Crippen LogP contribution in [0.3, 0.4) is 0 Å². The summed E-state index contributed by atoms with van der Waals surface area (Å²) < 4.78 is 0. The molecule has 1 aliphatic heterocycles. The molecule has 1 aromatic rings. The zero-order valence-corrected chi connectivity index (χ0v) is 11.5. The van der Waals surface area contributed by atoms with Crippen molar-refractivity contribution in [3.8, 4) is 0 Å². The lowest BCUT2D eigenvalue weighted by Crippen LogP contribution is -2.44. The number of hydrogen-bond donors (Lipinski definition) is 1. The summed E-state index contributed by atoms with van der Waals surface area (Å²) in [4.78, 5) is 17.1. The highest BCUT2D eigenvalue weighted by molar-refractivity contribution is 5.48. The molecule has 6 heteroatoms. The van der Waals surface area contributed by atoms with Crippen LogP contribution >= 0.6 is 0 Å². The van der Waals surface area contributed by atoms with Crippen molar-refractivity contribution in [2.24, 2.45) is 0 Å². The Morgan fingerprint density at radius 3 is 2.90 bits per heavy atom. The smallest absolute Gasteiger partial charge is 0.274 e. The fraction of sp³-hybridized carbons (Fsp3) is 0.643.